The van der Waals surface area contributed by atoms with Crippen LogP contribution in [-0.4, -0.2) is 11.1 Å². The van der Waals surface area contributed by atoms with Gasteiger partial charge in [-0.25, -0.2) is 4.99 Å². The number of halogens is 1. The minimum Gasteiger partial charge on any atom is -0.387 e. The van der Waals surface area contributed by atoms with Gasteiger partial charge in [0.05, 0.1) is 0 Å². The van der Waals surface area contributed by atoms with Crippen molar-refractivity contribution in [3.05, 3.63) is 0 Å². The SMILES string of the molecule is CCC(N)=NC(=N)Cl. The molecule has 0 saturated carbocycles. The number of nitrogens with two attached hydrogens (primary N) is 1. The summed E-state index contributed by atoms with van der Waals surface area (Å²) in [6, 6.07) is 0. The number of hydrogen-bond donors (Lipinski definition) is 2. The van der Waals surface area contributed by atoms with Crippen molar-refractivity contribution in [2.45, 2.75) is 13.3 Å². The summed E-state index contributed by atoms with van der Waals surface area (Å²) in [5, 5.41) is 6.37. The smallest absolute Gasteiger partial charge is 0.216 e. The van der Waals surface area contributed by atoms with E-state index < -0.39 is 0 Å². The third-order valence-electron chi connectivity index (χ3n) is 0.604. The summed E-state index contributed by atoms with van der Waals surface area (Å²) in [4.78, 5) is 3.44. The second kappa shape index (κ2) is 3.43. The Morgan fingerprint density at radius 1 is 1.88 bits per heavy atom. The summed E-state index contributed by atoms with van der Waals surface area (Å²) in [5.41, 5.74) is 5.20. The molecule has 0 atom stereocenters. The van der Waals surface area contributed by atoms with Crippen molar-refractivity contribution in [3.63, 3.8) is 0 Å². The summed E-state index contributed by atoms with van der Waals surface area (Å²) in [6.45, 7) is 1.85. The maximum absolute atomic E-state index is 6.63. The number of nitrogens with one attached hydrogen (secondary N) is 1. The van der Waals surface area contributed by atoms with E-state index in [4.69, 9.17) is 22.7 Å². The van der Waals surface area contributed by atoms with Crippen molar-refractivity contribution in [2.75, 3.05) is 0 Å². The Morgan fingerprint density at radius 3 is 2.50 bits per heavy atom. The summed E-state index contributed by atoms with van der Waals surface area (Å²) < 4.78 is 0. The van der Waals surface area contributed by atoms with Crippen LogP contribution in [0.5, 0.6) is 0 Å². The van der Waals surface area contributed by atoms with E-state index in [1.807, 2.05) is 6.92 Å². The number of amidine groups is 2. The normalized spacial score (nSPS) is 11.5. The first kappa shape index (κ1) is 7.43. The molecule has 0 aliphatic rings. The van der Waals surface area contributed by atoms with Crippen molar-refractivity contribution in [3.8, 4) is 0 Å². The largest absolute Gasteiger partial charge is 0.387 e. The fourth-order valence-electron chi connectivity index (χ4n) is 0.205. The van der Waals surface area contributed by atoms with E-state index in [0.717, 1.165) is 0 Å². The molecule has 0 bridgehead atoms. The molecule has 0 spiro atoms. The maximum atomic E-state index is 6.63. The quantitative estimate of drug-likeness (QED) is 0.312. The van der Waals surface area contributed by atoms with Gasteiger partial charge in [-0.05, 0) is 11.6 Å². The van der Waals surface area contributed by atoms with Crippen molar-refractivity contribution in [1.82, 2.24) is 0 Å². The molecular formula is C4H8ClN3. The Labute approximate surface area is 53.1 Å². The molecule has 3 N–H and O–H groups in total. The summed E-state index contributed by atoms with van der Waals surface area (Å²) in [6.07, 6.45) is 0.634. The van der Waals surface area contributed by atoms with Gasteiger partial charge in [-0.3, -0.25) is 5.41 Å². The van der Waals surface area contributed by atoms with Crippen molar-refractivity contribution < 1.29 is 0 Å². The van der Waals surface area contributed by atoms with Crippen LogP contribution in [0.25, 0.3) is 0 Å². The van der Waals surface area contributed by atoms with Crippen LogP contribution < -0.4 is 5.73 Å². The zero-order valence-corrected chi connectivity index (χ0v) is 5.37. The fourth-order valence-corrected chi connectivity index (χ4v) is 0.314. The molecule has 0 aromatic heterocycles. The van der Waals surface area contributed by atoms with Crippen LogP contribution in [0.2, 0.25) is 0 Å². The maximum Gasteiger partial charge on any atom is 0.216 e. The van der Waals surface area contributed by atoms with Crippen LogP contribution in [-0.2, 0) is 0 Å². The molecule has 0 aromatic carbocycles. The van der Waals surface area contributed by atoms with E-state index in [1.54, 1.807) is 0 Å². The Kier molecular flexibility index (Phi) is 3.19. The van der Waals surface area contributed by atoms with E-state index >= 15 is 0 Å². The third kappa shape index (κ3) is 3.61. The molecule has 0 saturated heterocycles. The van der Waals surface area contributed by atoms with Crippen LogP contribution in [0.4, 0.5) is 0 Å². The zero-order chi connectivity index (χ0) is 6.57. The standard InChI is InChI=1S/C4H8ClN3/c1-2-3(6)8-4(5)7/h2H2,1H3,(H3,6,7,8). The van der Waals surface area contributed by atoms with E-state index in [0.29, 0.717) is 12.3 Å². The molecule has 3 nitrogen and oxygen atoms in total. The summed E-state index contributed by atoms with van der Waals surface area (Å²) >= 11 is 5.07. The van der Waals surface area contributed by atoms with E-state index in [1.165, 1.54) is 0 Å². The van der Waals surface area contributed by atoms with Gasteiger partial charge in [-0.15, -0.1) is 0 Å². The molecule has 8 heavy (non-hydrogen) atoms. The highest BCUT2D eigenvalue weighted by Gasteiger charge is 1.86. The lowest BCUT2D eigenvalue weighted by Crippen LogP contribution is -2.10. The van der Waals surface area contributed by atoms with Gasteiger partial charge in [0.25, 0.3) is 0 Å². The van der Waals surface area contributed by atoms with Gasteiger partial charge in [0.2, 0.25) is 5.29 Å². The van der Waals surface area contributed by atoms with Crippen LogP contribution in [0, 0.1) is 5.41 Å². The molecule has 0 unspecified atom stereocenters. The second-order valence-corrected chi connectivity index (χ2v) is 1.61. The Balaban J connectivity index is 3.75. The number of rotatable bonds is 1. The molecule has 46 valence electrons. The average molecular weight is 134 g/mol. The molecule has 0 heterocycles. The van der Waals surface area contributed by atoms with Gasteiger partial charge in [-0.1, -0.05) is 6.92 Å². The topological polar surface area (TPSA) is 62.2 Å². The molecule has 0 amide bonds. The molecule has 4 heteroatoms. The lowest BCUT2D eigenvalue weighted by molar-refractivity contribution is 1.24. The highest BCUT2D eigenvalue weighted by atomic mass is 35.5. The van der Waals surface area contributed by atoms with E-state index in [2.05, 4.69) is 4.99 Å². The summed E-state index contributed by atoms with van der Waals surface area (Å²) in [7, 11) is 0. The van der Waals surface area contributed by atoms with Gasteiger partial charge in [0.15, 0.2) is 0 Å². The Morgan fingerprint density at radius 2 is 2.38 bits per heavy atom. The highest BCUT2D eigenvalue weighted by Crippen LogP contribution is 1.84. The first-order valence-corrected chi connectivity index (χ1v) is 2.61. The van der Waals surface area contributed by atoms with Gasteiger partial charge in [-0.2, -0.15) is 0 Å². The molecule has 0 aliphatic carbocycles. The Bertz CT molecular complexity index is 118. The lowest BCUT2D eigenvalue weighted by atomic mass is 10.5. The molecular weight excluding hydrogens is 126 g/mol. The first-order chi connectivity index (χ1) is 3.66. The average Bonchev–Trinajstić information content (AvgIpc) is 1.65. The van der Waals surface area contributed by atoms with Gasteiger partial charge < -0.3 is 5.73 Å². The van der Waals surface area contributed by atoms with Crippen molar-refractivity contribution >= 4 is 22.7 Å². The Hall–Kier alpha value is -0.570. The minimum absolute atomic E-state index is 0.260. The predicted molar refractivity (Wildman–Crippen MR) is 35.5 cm³/mol. The van der Waals surface area contributed by atoms with Crippen molar-refractivity contribution in [2.24, 2.45) is 10.7 Å². The molecule has 0 aliphatic heterocycles. The van der Waals surface area contributed by atoms with Crippen LogP contribution in [0.1, 0.15) is 13.3 Å². The summed E-state index contributed by atoms with van der Waals surface area (Å²) in [5.74, 6) is 0.394. The highest BCUT2D eigenvalue weighted by molar-refractivity contribution is 6.64. The first-order valence-electron chi connectivity index (χ1n) is 2.24. The van der Waals surface area contributed by atoms with Crippen molar-refractivity contribution in [1.29, 1.82) is 5.41 Å². The second-order valence-electron chi connectivity index (χ2n) is 1.25. The number of aliphatic imine (C=N–C) groups is 1. The van der Waals surface area contributed by atoms with Gasteiger partial charge in [0.1, 0.15) is 5.84 Å². The molecule has 0 aromatic rings. The molecule has 0 rings (SSSR count). The van der Waals surface area contributed by atoms with E-state index in [-0.39, 0.29) is 5.29 Å². The predicted octanol–water partition coefficient (Wildman–Crippen LogP) is 0.927. The van der Waals surface area contributed by atoms with Crippen LogP contribution >= 0.6 is 11.6 Å². The third-order valence-corrected chi connectivity index (χ3v) is 0.689. The van der Waals surface area contributed by atoms with Crippen LogP contribution in [0.3, 0.4) is 0 Å². The zero-order valence-electron chi connectivity index (χ0n) is 4.61. The number of nitrogens with zero attached hydrogens (tertiary/aromatic N) is 1. The number of hydrogen-bond acceptors (Lipinski definition) is 1. The van der Waals surface area contributed by atoms with Gasteiger partial charge >= 0.3 is 0 Å². The molecule has 0 radical (unpaired) electrons. The minimum atomic E-state index is -0.260. The lowest BCUT2D eigenvalue weighted by Gasteiger charge is -1.88. The monoisotopic (exact) mass is 133 g/mol. The molecule has 0 fully saturated rings. The fraction of sp³-hybridized carbons (Fsp3) is 0.500. The van der Waals surface area contributed by atoms with Crippen LogP contribution in [0.15, 0.2) is 4.99 Å². The van der Waals surface area contributed by atoms with E-state index in [9.17, 15) is 0 Å². The van der Waals surface area contributed by atoms with Gasteiger partial charge in [0, 0.05) is 6.42 Å².